The fraction of sp³-hybridized carbons (Fsp3) is 0.375. The Labute approximate surface area is 179 Å². The summed E-state index contributed by atoms with van der Waals surface area (Å²) in [7, 11) is 0. The molecule has 0 radical (unpaired) electrons. The lowest BCUT2D eigenvalue weighted by Gasteiger charge is -2.29. The largest absolute Gasteiger partial charge is 0.324 e. The van der Waals surface area contributed by atoms with E-state index in [1.54, 1.807) is 0 Å². The molecular formula is C24H24FN3O3. The maximum absolute atomic E-state index is 14.2. The number of amides is 3. The summed E-state index contributed by atoms with van der Waals surface area (Å²) in [6, 6.07) is 13.3. The van der Waals surface area contributed by atoms with Crippen molar-refractivity contribution in [1.29, 1.82) is 0 Å². The van der Waals surface area contributed by atoms with Gasteiger partial charge in [-0.1, -0.05) is 43.7 Å². The van der Waals surface area contributed by atoms with E-state index in [1.165, 1.54) is 23.1 Å². The first-order valence-electron chi connectivity index (χ1n) is 10.8. The van der Waals surface area contributed by atoms with E-state index in [2.05, 4.69) is 10.6 Å². The van der Waals surface area contributed by atoms with Crippen molar-refractivity contribution in [3.8, 4) is 0 Å². The lowest BCUT2D eigenvalue weighted by Crippen LogP contribution is -2.53. The fourth-order valence-electron chi connectivity index (χ4n) is 5.41. The lowest BCUT2D eigenvalue weighted by atomic mass is 9.76. The first-order valence-corrected chi connectivity index (χ1v) is 10.8. The van der Waals surface area contributed by atoms with Crippen molar-refractivity contribution in [2.24, 2.45) is 11.8 Å². The van der Waals surface area contributed by atoms with Gasteiger partial charge in [0.1, 0.15) is 11.4 Å². The van der Waals surface area contributed by atoms with Gasteiger partial charge in [-0.05, 0) is 36.6 Å². The van der Waals surface area contributed by atoms with Gasteiger partial charge >= 0.3 is 0 Å². The third kappa shape index (κ3) is 2.83. The van der Waals surface area contributed by atoms with Gasteiger partial charge in [0.15, 0.2) is 0 Å². The number of anilines is 1. The highest BCUT2D eigenvalue weighted by Gasteiger charge is 2.70. The predicted molar refractivity (Wildman–Crippen MR) is 112 cm³/mol. The van der Waals surface area contributed by atoms with Gasteiger partial charge in [0, 0.05) is 23.8 Å². The van der Waals surface area contributed by atoms with Crippen LogP contribution in [0.3, 0.4) is 0 Å². The molecule has 2 saturated heterocycles. The number of imide groups is 1. The smallest absolute Gasteiger partial charge is 0.250 e. The molecular weight excluding hydrogens is 397 g/mol. The summed E-state index contributed by atoms with van der Waals surface area (Å²) in [5, 5.41) is 6.14. The summed E-state index contributed by atoms with van der Waals surface area (Å²) < 4.78 is 14.2. The van der Waals surface area contributed by atoms with Crippen molar-refractivity contribution in [1.82, 2.24) is 10.2 Å². The molecule has 31 heavy (non-hydrogen) atoms. The number of benzene rings is 2. The second-order valence-corrected chi connectivity index (χ2v) is 8.58. The van der Waals surface area contributed by atoms with E-state index < -0.39 is 35.1 Å². The van der Waals surface area contributed by atoms with Crippen molar-refractivity contribution >= 4 is 23.4 Å². The van der Waals surface area contributed by atoms with Crippen LogP contribution in [0.1, 0.15) is 30.9 Å². The molecule has 5 rings (SSSR count). The summed E-state index contributed by atoms with van der Waals surface area (Å²) in [4.78, 5) is 41.5. The molecule has 2 N–H and O–H groups in total. The summed E-state index contributed by atoms with van der Waals surface area (Å²) in [6.45, 7) is 2.34. The number of fused-ring (bicyclic) bond motifs is 4. The fourth-order valence-corrected chi connectivity index (χ4v) is 5.41. The zero-order chi connectivity index (χ0) is 21.8. The highest BCUT2D eigenvalue weighted by atomic mass is 19.1. The van der Waals surface area contributed by atoms with Crippen LogP contribution in [-0.4, -0.2) is 35.2 Å². The molecule has 2 aromatic carbocycles. The molecule has 4 atom stereocenters. The molecule has 2 aromatic rings. The second-order valence-electron chi connectivity index (χ2n) is 8.58. The minimum Gasteiger partial charge on any atom is -0.324 e. The Balaban J connectivity index is 1.62. The van der Waals surface area contributed by atoms with E-state index >= 15 is 0 Å². The molecule has 3 aliphatic rings. The zero-order valence-corrected chi connectivity index (χ0v) is 17.2. The minimum atomic E-state index is -1.45. The third-order valence-corrected chi connectivity index (χ3v) is 6.80. The first-order chi connectivity index (χ1) is 15.0. The molecule has 0 aliphatic carbocycles. The van der Waals surface area contributed by atoms with Crippen LogP contribution in [0.5, 0.6) is 0 Å². The number of unbranched alkanes of at least 4 members (excludes halogenated alkanes) is 1. The van der Waals surface area contributed by atoms with Crippen LogP contribution < -0.4 is 10.6 Å². The van der Waals surface area contributed by atoms with Gasteiger partial charge in [-0.15, -0.1) is 0 Å². The number of hydrogen-bond donors (Lipinski definition) is 2. The average molecular weight is 421 g/mol. The van der Waals surface area contributed by atoms with Gasteiger partial charge < -0.3 is 5.32 Å². The van der Waals surface area contributed by atoms with Crippen molar-refractivity contribution in [3.63, 3.8) is 0 Å². The third-order valence-electron chi connectivity index (χ3n) is 6.80. The maximum Gasteiger partial charge on any atom is 0.250 e. The highest BCUT2D eigenvalue weighted by molar-refractivity contribution is 6.15. The number of halogens is 1. The summed E-state index contributed by atoms with van der Waals surface area (Å²) in [6.07, 6.45) is 2.04. The van der Waals surface area contributed by atoms with E-state index in [-0.39, 0.29) is 11.8 Å². The van der Waals surface area contributed by atoms with Crippen LogP contribution in [0.15, 0.2) is 48.5 Å². The van der Waals surface area contributed by atoms with E-state index in [0.717, 1.165) is 12.0 Å². The zero-order valence-electron chi connectivity index (χ0n) is 17.2. The Bertz CT molecular complexity index is 1070. The number of rotatable bonds is 5. The molecule has 3 amide bonds. The van der Waals surface area contributed by atoms with Crippen molar-refractivity contribution in [2.45, 2.75) is 37.8 Å². The number of carbonyl (C=O) groups excluding carboxylic acids is 3. The molecule has 0 aromatic heterocycles. The Hall–Kier alpha value is -3.06. The minimum absolute atomic E-state index is 0.244. The Morgan fingerprint density at radius 1 is 1.06 bits per heavy atom. The van der Waals surface area contributed by atoms with Crippen molar-refractivity contribution in [2.75, 3.05) is 11.9 Å². The Kier molecular flexibility index (Phi) is 4.66. The second kappa shape index (κ2) is 7.27. The van der Waals surface area contributed by atoms with Crippen LogP contribution in [-0.2, 0) is 26.3 Å². The van der Waals surface area contributed by atoms with Gasteiger partial charge in [0.25, 0.3) is 0 Å². The van der Waals surface area contributed by atoms with Gasteiger partial charge in [-0.2, -0.15) is 0 Å². The number of hydrogen-bond acceptors (Lipinski definition) is 4. The maximum atomic E-state index is 14.2. The highest BCUT2D eigenvalue weighted by Crippen LogP contribution is 2.53. The Morgan fingerprint density at radius 3 is 2.58 bits per heavy atom. The summed E-state index contributed by atoms with van der Waals surface area (Å²) in [5.74, 6) is -3.06. The standard InChI is InChI=1S/C24H24FN3O3/c1-2-3-11-28-21(29)19-18(12-14-7-5-4-6-8-14)27-24(20(19)22(28)30)16-13-15(25)9-10-17(16)26-23(24)31/h4-10,13,18-20,27H,2-3,11-12H2,1H3,(H,26,31)/t18-,19-,20+,24-/m1/s1. The molecule has 2 fully saturated rings. The van der Waals surface area contributed by atoms with Crippen LogP contribution in [0.25, 0.3) is 0 Å². The van der Waals surface area contributed by atoms with Crippen LogP contribution >= 0.6 is 0 Å². The normalized spacial score (nSPS) is 28.9. The van der Waals surface area contributed by atoms with Gasteiger partial charge in [0.05, 0.1) is 11.8 Å². The molecule has 1 spiro atoms. The van der Waals surface area contributed by atoms with E-state index in [9.17, 15) is 18.8 Å². The molecule has 7 heteroatoms. The molecule has 0 bridgehead atoms. The number of carbonyl (C=O) groups is 3. The molecule has 0 saturated carbocycles. The number of nitrogens with zero attached hydrogens (tertiary/aromatic N) is 1. The number of nitrogens with one attached hydrogen (secondary N) is 2. The molecule has 3 heterocycles. The summed E-state index contributed by atoms with van der Waals surface area (Å²) in [5.41, 5.74) is 0.433. The van der Waals surface area contributed by atoms with E-state index in [4.69, 9.17) is 0 Å². The topological polar surface area (TPSA) is 78.5 Å². The molecule has 6 nitrogen and oxygen atoms in total. The van der Waals surface area contributed by atoms with E-state index in [0.29, 0.717) is 30.6 Å². The predicted octanol–water partition coefficient (Wildman–Crippen LogP) is 2.59. The van der Waals surface area contributed by atoms with Gasteiger partial charge in [0.2, 0.25) is 17.7 Å². The van der Waals surface area contributed by atoms with Crippen molar-refractivity contribution < 1.29 is 18.8 Å². The Morgan fingerprint density at radius 2 is 1.84 bits per heavy atom. The SMILES string of the molecule is CCCCN1C(=O)[C@H]2[C@@H](C1=O)[C@@]1(N[C@@H]2Cc2ccccc2)C(=O)Nc2ccc(F)cc21. The quantitative estimate of drug-likeness (QED) is 0.728. The molecule has 3 aliphatic heterocycles. The summed E-state index contributed by atoms with van der Waals surface area (Å²) >= 11 is 0. The monoisotopic (exact) mass is 421 g/mol. The van der Waals surface area contributed by atoms with Gasteiger partial charge in [-0.25, -0.2) is 4.39 Å². The van der Waals surface area contributed by atoms with Crippen molar-refractivity contribution in [3.05, 3.63) is 65.5 Å². The van der Waals surface area contributed by atoms with Crippen LogP contribution in [0, 0.1) is 17.7 Å². The van der Waals surface area contributed by atoms with Crippen LogP contribution in [0.4, 0.5) is 10.1 Å². The average Bonchev–Trinajstić information content (AvgIpc) is 3.33. The lowest BCUT2D eigenvalue weighted by molar-refractivity contribution is -0.142. The van der Waals surface area contributed by atoms with Gasteiger partial charge in [-0.3, -0.25) is 24.6 Å². The van der Waals surface area contributed by atoms with Crippen LogP contribution in [0.2, 0.25) is 0 Å². The molecule has 0 unspecified atom stereocenters. The van der Waals surface area contributed by atoms with E-state index in [1.807, 2.05) is 37.3 Å². The number of likely N-dealkylation sites (tertiary alicyclic amines) is 1. The molecule has 160 valence electrons. The first kappa shape index (κ1) is 19.9.